The van der Waals surface area contributed by atoms with E-state index in [-0.39, 0.29) is 0 Å². The molecule has 1 aliphatic rings. The van der Waals surface area contributed by atoms with Crippen molar-refractivity contribution in [1.82, 2.24) is 4.98 Å². The standard InChI is InChI=1S/C24H28ClNO2S/c1-4-20(27)21-13-19-23(29-21)17(7-10-26-19)18-12-16(25)11-15(3)22(18)28-14-24(5-2)8-6-9-24/h7,10-13,20,27H,4-6,8-9,14H2,1-3H3. The molecule has 0 saturated heterocycles. The molecule has 5 heteroatoms. The fourth-order valence-corrected chi connectivity index (χ4v) is 5.64. The van der Waals surface area contributed by atoms with E-state index in [4.69, 9.17) is 16.3 Å². The lowest BCUT2D eigenvalue weighted by Gasteiger charge is -2.41. The van der Waals surface area contributed by atoms with E-state index in [1.54, 1.807) is 11.3 Å². The predicted octanol–water partition coefficient (Wildman–Crippen LogP) is 7.33. The van der Waals surface area contributed by atoms with Gasteiger partial charge in [-0.05, 0) is 62.4 Å². The van der Waals surface area contributed by atoms with Gasteiger partial charge in [-0.15, -0.1) is 11.3 Å². The molecule has 4 rings (SSSR count). The molecule has 0 bridgehead atoms. The van der Waals surface area contributed by atoms with Crippen LogP contribution in [0, 0.1) is 12.3 Å². The van der Waals surface area contributed by atoms with Crippen LogP contribution in [0.2, 0.25) is 5.02 Å². The summed E-state index contributed by atoms with van der Waals surface area (Å²) < 4.78 is 7.54. The Morgan fingerprint density at radius 3 is 2.69 bits per heavy atom. The highest BCUT2D eigenvalue weighted by Gasteiger charge is 2.36. The van der Waals surface area contributed by atoms with E-state index in [1.165, 1.54) is 19.3 Å². The highest BCUT2D eigenvalue weighted by Crippen LogP contribution is 2.46. The zero-order chi connectivity index (χ0) is 20.6. The maximum Gasteiger partial charge on any atom is 0.130 e. The summed E-state index contributed by atoms with van der Waals surface area (Å²) in [7, 11) is 0. The summed E-state index contributed by atoms with van der Waals surface area (Å²) in [5.41, 5.74) is 4.34. The number of hydrogen-bond acceptors (Lipinski definition) is 4. The van der Waals surface area contributed by atoms with E-state index in [0.717, 1.165) is 50.6 Å². The van der Waals surface area contributed by atoms with Crippen LogP contribution in [0.25, 0.3) is 21.3 Å². The fourth-order valence-electron chi connectivity index (χ4n) is 4.16. The maximum absolute atomic E-state index is 10.3. The minimum Gasteiger partial charge on any atom is -0.492 e. The Morgan fingerprint density at radius 1 is 1.24 bits per heavy atom. The van der Waals surface area contributed by atoms with E-state index in [0.29, 0.717) is 16.9 Å². The Bertz CT molecular complexity index is 1020. The van der Waals surface area contributed by atoms with Gasteiger partial charge in [0.25, 0.3) is 0 Å². The van der Waals surface area contributed by atoms with Gasteiger partial charge in [0.15, 0.2) is 0 Å². The number of ether oxygens (including phenoxy) is 1. The molecule has 2 heterocycles. The van der Waals surface area contributed by atoms with Crippen molar-refractivity contribution in [2.24, 2.45) is 5.41 Å². The Morgan fingerprint density at radius 2 is 2.03 bits per heavy atom. The Hall–Kier alpha value is -1.62. The van der Waals surface area contributed by atoms with E-state index in [2.05, 4.69) is 18.8 Å². The molecule has 1 unspecified atom stereocenters. The van der Waals surface area contributed by atoms with E-state index >= 15 is 0 Å². The lowest BCUT2D eigenvalue weighted by molar-refractivity contribution is 0.0537. The third kappa shape index (κ3) is 3.90. The van der Waals surface area contributed by atoms with Crippen LogP contribution >= 0.6 is 22.9 Å². The van der Waals surface area contributed by atoms with Gasteiger partial charge in [0, 0.05) is 32.6 Å². The summed E-state index contributed by atoms with van der Waals surface area (Å²) in [6.45, 7) is 7.05. The summed E-state index contributed by atoms with van der Waals surface area (Å²) in [6, 6.07) is 7.99. The summed E-state index contributed by atoms with van der Waals surface area (Å²) in [4.78, 5) is 5.47. The maximum atomic E-state index is 10.3. The number of aliphatic hydroxyl groups is 1. The number of thiophene rings is 1. The Balaban J connectivity index is 1.79. The molecule has 1 aromatic carbocycles. The second-order valence-electron chi connectivity index (χ2n) is 8.24. The van der Waals surface area contributed by atoms with Crippen LogP contribution in [0.1, 0.15) is 62.5 Å². The molecule has 1 aliphatic carbocycles. The summed E-state index contributed by atoms with van der Waals surface area (Å²) in [6.07, 6.45) is 6.99. The van der Waals surface area contributed by atoms with Gasteiger partial charge in [-0.1, -0.05) is 31.9 Å². The number of rotatable bonds is 7. The quantitative estimate of drug-likeness (QED) is 0.427. The molecule has 1 saturated carbocycles. The normalized spacial score (nSPS) is 16.6. The number of nitrogens with zero attached hydrogens (tertiary/aromatic N) is 1. The number of fused-ring (bicyclic) bond motifs is 1. The third-order valence-electron chi connectivity index (χ3n) is 6.36. The molecule has 154 valence electrons. The third-order valence-corrected chi connectivity index (χ3v) is 7.84. The number of aryl methyl sites for hydroxylation is 1. The first-order valence-electron chi connectivity index (χ1n) is 10.5. The van der Waals surface area contributed by atoms with Gasteiger partial charge >= 0.3 is 0 Å². The Labute approximate surface area is 181 Å². The summed E-state index contributed by atoms with van der Waals surface area (Å²) in [5, 5.41) is 11.0. The van der Waals surface area contributed by atoms with Crippen LogP contribution in [0.15, 0.2) is 30.5 Å². The predicted molar refractivity (Wildman–Crippen MR) is 122 cm³/mol. The SMILES string of the molecule is CCC(O)c1cc2nccc(-c3cc(Cl)cc(C)c3OCC3(CC)CCC3)c2s1. The molecule has 3 nitrogen and oxygen atoms in total. The van der Waals surface area contributed by atoms with Gasteiger partial charge in [-0.25, -0.2) is 0 Å². The van der Waals surface area contributed by atoms with Crippen LogP contribution in [0.5, 0.6) is 5.75 Å². The molecular formula is C24H28ClNO2S. The zero-order valence-corrected chi connectivity index (χ0v) is 18.9. The van der Waals surface area contributed by atoms with Crippen molar-refractivity contribution in [1.29, 1.82) is 0 Å². The topological polar surface area (TPSA) is 42.4 Å². The monoisotopic (exact) mass is 429 g/mol. The number of benzene rings is 1. The number of aliphatic hydroxyl groups excluding tert-OH is 1. The van der Waals surface area contributed by atoms with Gasteiger partial charge < -0.3 is 9.84 Å². The minimum absolute atomic E-state index is 0.318. The molecular weight excluding hydrogens is 402 g/mol. The molecule has 1 atom stereocenters. The van der Waals surface area contributed by atoms with Crippen molar-refractivity contribution in [3.8, 4) is 16.9 Å². The second-order valence-corrected chi connectivity index (χ2v) is 9.76. The van der Waals surface area contributed by atoms with Crippen molar-refractivity contribution in [3.63, 3.8) is 0 Å². The van der Waals surface area contributed by atoms with Crippen LogP contribution in [0.4, 0.5) is 0 Å². The first kappa shape index (κ1) is 20.6. The fraction of sp³-hybridized carbons (Fsp3) is 0.458. The van der Waals surface area contributed by atoms with Gasteiger partial charge in [0.2, 0.25) is 0 Å². The molecule has 29 heavy (non-hydrogen) atoms. The van der Waals surface area contributed by atoms with E-state index in [9.17, 15) is 5.11 Å². The molecule has 0 radical (unpaired) electrons. The molecule has 3 aromatic rings. The van der Waals surface area contributed by atoms with Crippen molar-refractivity contribution >= 4 is 33.2 Å². The lowest BCUT2D eigenvalue weighted by atomic mass is 9.68. The van der Waals surface area contributed by atoms with Gasteiger partial charge in [-0.2, -0.15) is 0 Å². The molecule has 0 amide bonds. The first-order valence-corrected chi connectivity index (χ1v) is 11.7. The van der Waals surface area contributed by atoms with Crippen molar-refractivity contribution in [2.75, 3.05) is 6.61 Å². The largest absolute Gasteiger partial charge is 0.492 e. The highest BCUT2D eigenvalue weighted by molar-refractivity contribution is 7.19. The van der Waals surface area contributed by atoms with Crippen molar-refractivity contribution < 1.29 is 9.84 Å². The average molecular weight is 430 g/mol. The summed E-state index contributed by atoms with van der Waals surface area (Å²) >= 11 is 8.05. The molecule has 1 fully saturated rings. The van der Waals surface area contributed by atoms with Crippen LogP contribution in [-0.2, 0) is 0 Å². The number of halogens is 1. The zero-order valence-electron chi connectivity index (χ0n) is 17.3. The first-order chi connectivity index (χ1) is 14.0. The average Bonchev–Trinajstić information content (AvgIpc) is 3.12. The second kappa shape index (κ2) is 8.25. The van der Waals surface area contributed by atoms with Gasteiger partial charge in [-0.3, -0.25) is 4.98 Å². The highest BCUT2D eigenvalue weighted by atomic mass is 35.5. The number of hydrogen-bond donors (Lipinski definition) is 1. The van der Waals surface area contributed by atoms with Crippen molar-refractivity contribution in [2.45, 2.75) is 59.0 Å². The van der Waals surface area contributed by atoms with Crippen LogP contribution in [-0.4, -0.2) is 16.7 Å². The molecule has 1 N–H and O–H groups in total. The minimum atomic E-state index is -0.457. The van der Waals surface area contributed by atoms with Gasteiger partial charge in [0.1, 0.15) is 5.75 Å². The van der Waals surface area contributed by atoms with Crippen molar-refractivity contribution in [3.05, 3.63) is 45.9 Å². The van der Waals surface area contributed by atoms with E-state index < -0.39 is 6.10 Å². The smallest absolute Gasteiger partial charge is 0.130 e. The van der Waals surface area contributed by atoms with E-state index in [1.807, 2.05) is 37.4 Å². The molecule has 0 aliphatic heterocycles. The van der Waals surface area contributed by atoms with Crippen LogP contribution < -0.4 is 4.74 Å². The molecule has 0 spiro atoms. The Kier molecular flexibility index (Phi) is 5.87. The summed E-state index contributed by atoms with van der Waals surface area (Å²) in [5.74, 6) is 0.910. The van der Waals surface area contributed by atoms with Gasteiger partial charge in [0.05, 0.1) is 22.9 Å². The number of aromatic nitrogens is 1. The molecule has 2 aromatic heterocycles. The lowest BCUT2D eigenvalue weighted by Crippen LogP contribution is -2.35. The van der Waals surface area contributed by atoms with Crippen LogP contribution in [0.3, 0.4) is 0 Å². The number of pyridine rings is 1.